The summed E-state index contributed by atoms with van der Waals surface area (Å²) in [6, 6.07) is 8.06. The van der Waals surface area contributed by atoms with Gasteiger partial charge in [-0.2, -0.15) is 0 Å². The monoisotopic (exact) mass is 333 g/mol. The minimum atomic E-state index is -0.0989. The number of fused-ring (bicyclic) bond motifs is 1. The largest absolute Gasteiger partial charge is 0.494 e. The van der Waals surface area contributed by atoms with Crippen LogP contribution in [0, 0.1) is 6.92 Å². The fourth-order valence-corrected chi connectivity index (χ4v) is 2.84. The van der Waals surface area contributed by atoms with Crippen molar-refractivity contribution in [2.75, 3.05) is 7.11 Å². The van der Waals surface area contributed by atoms with Gasteiger partial charge in [0.15, 0.2) is 5.82 Å². The highest BCUT2D eigenvalue weighted by molar-refractivity contribution is 5.89. The molecule has 0 aliphatic carbocycles. The van der Waals surface area contributed by atoms with Crippen LogP contribution in [0.1, 0.15) is 43.4 Å². The Morgan fingerprint density at radius 3 is 2.48 bits per heavy atom. The number of aromatic nitrogens is 3. The maximum atomic E-state index is 5.62. The maximum Gasteiger partial charge on any atom is 0.153 e. The van der Waals surface area contributed by atoms with Crippen molar-refractivity contribution in [3.8, 4) is 5.75 Å². The predicted molar refractivity (Wildman–Crippen MR) is 103 cm³/mol. The maximum absolute atomic E-state index is 5.62. The van der Waals surface area contributed by atoms with Crippen molar-refractivity contribution in [2.45, 2.75) is 33.1 Å². The van der Waals surface area contributed by atoms with E-state index >= 15 is 0 Å². The number of hydrogen-bond acceptors (Lipinski definition) is 4. The van der Waals surface area contributed by atoms with Gasteiger partial charge in [-0.3, -0.25) is 4.98 Å². The second-order valence-corrected chi connectivity index (χ2v) is 7.11. The third kappa shape index (κ3) is 3.53. The van der Waals surface area contributed by atoms with Gasteiger partial charge in [0.25, 0.3) is 0 Å². The summed E-state index contributed by atoms with van der Waals surface area (Å²) >= 11 is 0. The Bertz CT molecular complexity index is 925. The molecule has 4 nitrogen and oxygen atoms in total. The summed E-state index contributed by atoms with van der Waals surface area (Å²) in [4.78, 5) is 13.7. The molecule has 0 spiro atoms. The lowest BCUT2D eigenvalue weighted by molar-refractivity contribution is 0.415. The van der Waals surface area contributed by atoms with Crippen LogP contribution < -0.4 is 4.74 Å². The van der Waals surface area contributed by atoms with Crippen LogP contribution in [0.15, 0.2) is 36.7 Å². The number of benzene rings is 1. The van der Waals surface area contributed by atoms with Crippen molar-refractivity contribution in [3.63, 3.8) is 0 Å². The molecule has 0 bridgehead atoms. The van der Waals surface area contributed by atoms with Gasteiger partial charge in [0.2, 0.25) is 0 Å². The number of methoxy groups -OCH3 is 1. The molecular formula is C21H23N3O. The molecule has 0 radical (unpaired) electrons. The number of pyridine rings is 1. The molecule has 4 heteroatoms. The second-order valence-electron chi connectivity index (χ2n) is 7.11. The molecule has 3 rings (SSSR count). The summed E-state index contributed by atoms with van der Waals surface area (Å²) in [5.74, 6) is 1.48. The van der Waals surface area contributed by atoms with E-state index in [4.69, 9.17) is 14.7 Å². The highest BCUT2D eigenvalue weighted by Crippen LogP contribution is 2.34. The molecule has 0 saturated carbocycles. The first-order valence-corrected chi connectivity index (χ1v) is 8.34. The minimum absolute atomic E-state index is 0.0989. The molecule has 0 amide bonds. The average molecular weight is 333 g/mol. The summed E-state index contributed by atoms with van der Waals surface area (Å²) in [7, 11) is 1.69. The van der Waals surface area contributed by atoms with E-state index in [9.17, 15) is 0 Å². The molecule has 25 heavy (non-hydrogen) atoms. The van der Waals surface area contributed by atoms with Gasteiger partial charge in [-0.05, 0) is 36.3 Å². The van der Waals surface area contributed by atoms with E-state index in [0.717, 1.165) is 33.5 Å². The highest BCUT2D eigenvalue weighted by Gasteiger charge is 2.22. The van der Waals surface area contributed by atoms with Crippen LogP contribution in [0.25, 0.3) is 23.1 Å². The van der Waals surface area contributed by atoms with Gasteiger partial charge in [-0.25, -0.2) is 9.97 Å². The molecule has 2 heterocycles. The normalized spacial score (nSPS) is 12.0. The molecule has 0 saturated heterocycles. The van der Waals surface area contributed by atoms with Crippen molar-refractivity contribution >= 4 is 23.1 Å². The van der Waals surface area contributed by atoms with Crippen LogP contribution in [0.3, 0.4) is 0 Å². The van der Waals surface area contributed by atoms with Crippen molar-refractivity contribution in [2.24, 2.45) is 0 Å². The third-order valence-corrected chi connectivity index (χ3v) is 4.06. The van der Waals surface area contributed by atoms with Gasteiger partial charge in [-0.1, -0.05) is 39.0 Å². The Kier molecular flexibility index (Phi) is 4.53. The van der Waals surface area contributed by atoms with E-state index in [2.05, 4.69) is 37.9 Å². The van der Waals surface area contributed by atoms with Crippen LogP contribution in [0.5, 0.6) is 5.75 Å². The standard InChI is InChI=1S/C21H23N3O/c1-14-8-10-16-18(19(14)25-5)23-17(24-20(16)21(2,3)4)11-9-15-7-6-12-22-13-15/h6-13H,1-5H3/b11-9+. The van der Waals surface area contributed by atoms with E-state index in [1.807, 2.05) is 37.4 Å². The van der Waals surface area contributed by atoms with Gasteiger partial charge in [-0.15, -0.1) is 0 Å². The van der Waals surface area contributed by atoms with E-state index in [-0.39, 0.29) is 5.41 Å². The zero-order valence-corrected chi connectivity index (χ0v) is 15.4. The van der Waals surface area contributed by atoms with Crippen LogP contribution >= 0.6 is 0 Å². The average Bonchev–Trinajstić information content (AvgIpc) is 2.59. The summed E-state index contributed by atoms with van der Waals surface area (Å²) in [6.07, 6.45) is 7.47. The Morgan fingerprint density at radius 1 is 1.04 bits per heavy atom. The van der Waals surface area contributed by atoms with E-state index in [1.165, 1.54) is 0 Å². The van der Waals surface area contributed by atoms with Crippen LogP contribution in [-0.2, 0) is 5.41 Å². The fourth-order valence-electron chi connectivity index (χ4n) is 2.84. The molecule has 0 atom stereocenters. The highest BCUT2D eigenvalue weighted by atomic mass is 16.5. The van der Waals surface area contributed by atoms with Crippen LogP contribution in [-0.4, -0.2) is 22.1 Å². The molecule has 2 aromatic heterocycles. The predicted octanol–water partition coefficient (Wildman–Crippen LogP) is 4.81. The zero-order chi connectivity index (χ0) is 18.0. The molecule has 0 N–H and O–H groups in total. The number of rotatable bonds is 3. The molecule has 0 aliphatic rings. The molecule has 0 fully saturated rings. The summed E-state index contributed by atoms with van der Waals surface area (Å²) in [5, 5.41) is 1.04. The van der Waals surface area contributed by atoms with Crippen molar-refractivity contribution in [1.82, 2.24) is 15.0 Å². The van der Waals surface area contributed by atoms with Gasteiger partial charge >= 0.3 is 0 Å². The van der Waals surface area contributed by atoms with Crippen molar-refractivity contribution < 1.29 is 4.74 Å². The first-order valence-electron chi connectivity index (χ1n) is 8.34. The summed E-state index contributed by atoms with van der Waals surface area (Å²) in [6.45, 7) is 8.52. The molecule has 128 valence electrons. The Balaban J connectivity index is 2.21. The van der Waals surface area contributed by atoms with Gasteiger partial charge in [0, 0.05) is 23.2 Å². The molecule has 0 aliphatic heterocycles. The molecule has 0 unspecified atom stereocenters. The lowest BCUT2D eigenvalue weighted by Crippen LogP contribution is -2.16. The van der Waals surface area contributed by atoms with E-state index in [1.54, 1.807) is 13.3 Å². The Morgan fingerprint density at radius 2 is 1.84 bits per heavy atom. The van der Waals surface area contributed by atoms with Gasteiger partial charge < -0.3 is 4.74 Å². The number of aryl methyl sites for hydroxylation is 1. The molecule has 3 aromatic rings. The topological polar surface area (TPSA) is 47.9 Å². The second kappa shape index (κ2) is 6.63. The molecular weight excluding hydrogens is 310 g/mol. The number of hydrogen-bond donors (Lipinski definition) is 0. The summed E-state index contributed by atoms with van der Waals surface area (Å²) in [5.41, 5.74) is 3.85. The van der Waals surface area contributed by atoms with E-state index in [0.29, 0.717) is 5.82 Å². The summed E-state index contributed by atoms with van der Waals surface area (Å²) < 4.78 is 5.62. The van der Waals surface area contributed by atoms with Crippen LogP contribution in [0.2, 0.25) is 0 Å². The van der Waals surface area contributed by atoms with Gasteiger partial charge in [0.1, 0.15) is 11.3 Å². The first-order chi connectivity index (χ1) is 11.9. The number of nitrogens with zero attached hydrogens (tertiary/aromatic N) is 3. The van der Waals surface area contributed by atoms with E-state index < -0.39 is 0 Å². The molecule has 1 aromatic carbocycles. The van der Waals surface area contributed by atoms with Crippen molar-refractivity contribution in [1.29, 1.82) is 0 Å². The third-order valence-electron chi connectivity index (χ3n) is 4.06. The fraction of sp³-hybridized carbons (Fsp3) is 0.286. The minimum Gasteiger partial charge on any atom is -0.494 e. The van der Waals surface area contributed by atoms with Crippen LogP contribution in [0.4, 0.5) is 0 Å². The number of ether oxygens (including phenoxy) is 1. The first kappa shape index (κ1) is 17.1. The Labute approximate surface area is 148 Å². The lowest BCUT2D eigenvalue weighted by atomic mass is 9.88. The van der Waals surface area contributed by atoms with Gasteiger partial charge in [0.05, 0.1) is 12.8 Å². The zero-order valence-electron chi connectivity index (χ0n) is 15.4. The SMILES string of the molecule is COc1c(C)ccc2c(C(C)(C)C)nc(/C=C/c3cccnc3)nc12. The lowest BCUT2D eigenvalue weighted by Gasteiger charge is -2.21. The quantitative estimate of drug-likeness (QED) is 0.690. The van der Waals surface area contributed by atoms with Crippen molar-refractivity contribution in [3.05, 3.63) is 59.3 Å². The Hall–Kier alpha value is -2.75. The smallest absolute Gasteiger partial charge is 0.153 e.